The van der Waals surface area contributed by atoms with Crippen molar-refractivity contribution < 1.29 is 0 Å². The molecular formula is C8H13N. The molecular weight excluding hydrogens is 110 g/mol. The number of rotatable bonds is 3. The largest absolute Gasteiger partial charge is 0.269 e. The number of aliphatic imine (C=N–C) groups is 1. The minimum Gasteiger partial charge on any atom is -0.269 e. The third-order valence-corrected chi connectivity index (χ3v) is 0.764. The zero-order valence-corrected chi connectivity index (χ0v) is 6.04. The summed E-state index contributed by atoms with van der Waals surface area (Å²) in [5.74, 6) is 0. The van der Waals surface area contributed by atoms with E-state index in [2.05, 4.69) is 11.9 Å². The van der Waals surface area contributed by atoms with Gasteiger partial charge in [-0.25, -0.2) is 0 Å². The van der Waals surface area contributed by atoms with E-state index in [1.807, 2.05) is 31.4 Å². The highest BCUT2D eigenvalue weighted by Gasteiger charge is 1.60. The third-order valence-electron chi connectivity index (χ3n) is 0.764. The summed E-state index contributed by atoms with van der Waals surface area (Å²) >= 11 is 0. The molecule has 0 atom stereocenters. The van der Waals surface area contributed by atoms with Crippen LogP contribution in [0.15, 0.2) is 29.4 Å². The number of nitrogens with zero attached hydrogens (tertiary/aromatic N) is 1. The topological polar surface area (TPSA) is 12.4 Å². The van der Waals surface area contributed by atoms with E-state index in [4.69, 9.17) is 0 Å². The molecule has 1 heteroatoms. The molecule has 0 aliphatic carbocycles. The Labute approximate surface area is 56.8 Å². The Bertz CT molecular complexity index is 121. The lowest BCUT2D eigenvalue weighted by atomic mass is 10.5. The number of hydrogen-bond donors (Lipinski definition) is 0. The zero-order chi connectivity index (χ0) is 6.95. The maximum Gasteiger partial charge on any atom is 0.0263 e. The average Bonchev–Trinajstić information content (AvgIpc) is 1.89. The molecule has 0 saturated heterocycles. The summed E-state index contributed by atoms with van der Waals surface area (Å²) in [6.07, 6.45) is 10.5. The van der Waals surface area contributed by atoms with Crippen LogP contribution in [0.4, 0.5) is 0 Å². The first-order valence-corrected chi connectivity index (χ1v) is 3.21. The van der Waals surface area contributed by atoms with E-state index in [0.29, 0.717) is 0 Å². The number of hydrogen-bond acceptors (Lipinski definition) is 1. The molecule has 0 N–H and O–H groups in total. The second kappa shape index (κ2) is 7.15. The van der Waals surface area contributed by atoms with Gasteiger partial charge in [0.2, 0.25) is 0 Å². The summed E-state index contributed by atoms with van der Waals surface area (Å²) in [4.78, 5) is 3.97. The molecule has 0 aliphatic rings. The lowest BCUT2D eigenvalue weighted by molar-refractivity contribution is 1.31. The van der Waals surface area contributed by atoms with Gasteiger partial charge in [0.05, 0.1) is 0 Å². The maximum absolute atomic E-state index is 3.97. The van der Waals surface area contributed by atoms with Crippen LogP contribution in [0.3, 0.4) is 0 Å². The van der Waals surface area contributed by atoms with E-state index in [9.17, 15) is 0 Å². The van der Waals surface area contributed by atoms with Crippen LogP contribution in [-0.2, 0) is 0 Å². The van der Waals surface area contributed by atoms with Gasteiger partial charge in [-0.15, -0.1) is 0 Å². The van der Waals surface area contributed by atoms with Crippen molar-refractivity contribution in [2.24, 2.45) is 4.99 Å². The molecule has 0 fully saturated rings. The van der Waals surface area contributed by atoms with E-state index in [-0.39, 0.29) is 0 Å². The summed E-state index contributed by atoms with van der Waals surface area (Å²) < 4.78 is 0. The van der Waals surface area contributed by atoms with Crippen molar-refractivity contribution in [3.05, 3.63) is 24.4 Å². The zero-order valence-electron chi connectivity index (χ0n) is 6.04. The molecule has 0 aromatic heterocycles. The van der Waals surface area contributed by atoms with Gasteiger partial charge in [-0.3, -0.25) is 4.99 Å². The first kappa shape index (κ1) is 8.15. The highest BCUT2D eigenvalue weighted by atomic mass is 14.7. The molecule has 50 valence electrons. The molecule has 0 bridgehead atoms. The van der Waals surface area contributed by atoms with Gasteiger partial charge in [-0.2, -0.15) is 0 Å². The molecule has 0 spiro atoms. The Kier molecular flexibility index (Phi) is 6.47. The van der Waals surface area contributed by atoms with Gasteiger partial charge in [-0.1, -0.05) is 19.1 Å². The van der Waals surface area contributed by atoms with Crippen LogP contribution in [-0.4, -0.2) is 6.21 Å². The van der Waals surface area contributed by atoms with Crippen molar-refractivity contribution >= 4 is 6.21 Å². The van der Waals surface area contributed by atoms with Gasteiger partial charge >= 0.3 is 0 Å². The van der Waals surface area contributed by atoms with Crippen molar-refractivity contribution in [2.45, 2.75) is 20.3 Å². The molecule has 0 rings (SSSR count). The fourth-order valence-corrected chi connectivity index (χ4v) is 0.377. The Morgan fingerprint density at radius 2 is 2.11 bits per heavy atom. The van der Waals surface area contributed by atoms with E-state index in [1.165, 1.54) is 0 Å². The molecule has 0 amide bonds. The molecule has 1 nitrogen and oxygen atoms in total. The average molecular weight is 123 g/mol. The highest BCUT2D eigenvalue weighted by molar-refractivity contribution is 5.57. The molecule has 0 aliphatic heterocycles. The van der Waals surface area contributed by atoms with Gasteiger partial charge in [-0.05, 0) is 19.4 Å². The van der Waals surface area contributed by atoms with Gasteiger partial charge in [0, 0.05) is 12.4 Å². The monoisotopic (exact) mass is 123 g/mol. The standard InChI is InChI=1S/C8H13N/c1-3-5-6-8-9-7-4-2/h3,5-8H,4H2,1-2H3/b5-3-,8-6-,9-7?. The molecule has 9 heavy (non-hydrogen) atoms. The van der Waals surface area contributed by atoms with Gasteiger partial charge in [0.25, 0.3) is 0 Å². The summed E-state index contributed by atoms with van der Waals surface area (Å²) in [6, 6.07) is 0. The second-order valence-electron chi connectivity index (χ2n) is 1.61. The van der Waals surface area contributed by atoms with Crippen molar-refractivity contribution in [2.75, 3.05) is 0 Å². The smallest absolute Gasteiger partial charge is 0.0263 e. The second-order valence-corrected chi connectivity index (χ2v) is 1.61. The van der Waals surface area contributed by atoms with E-state index in [1.54, 1.807) is 6.20 Å². The minimum atomic E-state index is 1.00. The van der Waals surface area contributed by atoms with Crippen molar-refractivity contribution in [3.63, 3.8) is 0 Å². The first-order valence-electron chi connectivity index (χ1n) is 3.21. The van der Waals surface area contributed by atoms with Crippen LogP contribution in [0.5, 0.6) is 0 Å². The first-order chi connectivity index (χ1) is 4.41. The molecule has 0 heterocycles. The van der Waals surface area contributed by atoms with E-state index < -0.39 is 0 Å². The lowest BCUT2D eigenvalue weighted by Crippen LogP contribution is -1.61. The van der Waals surface area contributed by atoms with Crippen molar-refractivity contribution in [1.29, 1.82) is 0 Å². The van der Waals surface area contributed by atoms with Crippen molar-refractivity contribution in [1.82, 2.24) is 0 Å². The van der Waals surface area contributed by atoms with Crippen LogP contribution in [0.1, 0.15) is 20.3 Å². The van der Waals surface area contributed by atoms with Crippen LogP contribution in [0.2, 0.25) is 0 Å². The minimum absolute atomic E-state index is 1.00. The fraction of sp³-hybridized carbons (Fsp3) is 0.375. The van der Waals surface area contributed by atoms with Crippen LogP contribution in [0, 0.1) is 0 Å². The summed E-state index contributed by atoms with van der Waals surface area (Å²) in [6.45, 7) is 4.04. The van der Waals surface area contributed by atoms with E-state index in [0.717, 1.165) is 6.42 Å². The fourth-order valence-electron chi connectivity index (χ4n) is 0.377. The Balaban J connectivity index is 3.35. The Morgan fingerprint density at radius 1 is 1.33 bits per heavy atom. The maximum atomic E-state index is 3.97. The molecule has 0 aromatic carbocycles. The third kappa shape index (κ3) is 7.15. The predicted octanol–water partition coefficient (Wildman–Crippen LogP) is 2.56. The van der Waals surface area contributed by atoms with Gasteiger partial charge in [0.15, 0.2) is 0 Å². The Morgan fingerprint density at radius 3 is 2.67 bits per heavy atom. The summed E-state index contributed by atoms with van der Waals surface area (Å²) in [5.41, 5.74) is 0. The highest BCUT2D eigenvalue weighted by Crippen LogP contribution is 1.77. The normalized spacial score (nSPS) is 12.7. The van der Waals surface area contributed by atoms with Crippen LogP contribution in [0.25, 0.3) is 0 Å². The van der Waals surface area contributed by atoms with Gasteiger partial charge in [0.1, 0.15) is 0 Å². The number of allylic oxidation sites excluding steroid dienone is 3. The summed E-state index contributed by atoms with van der Waals surface area (Å²) in [7, 11) is 0. The van der Waals surface area contributed by atoms with Crippen molar-refractivity contribution in [3.8, 4) is 0 Å². The quantitative estimate of drug-likeness (QED) is 0.404. The molecule has 0 aromatic rings. The molecule has 0 radical (unpaired) electrons. The molecule has 0 saturated carbocycles. The van der Waals surface area contributed by atoms with Crippen LogP contribution >= 0.6 is 0 Å². The van der Waals surface area contributed by atoms with Crippen LogP contribution < -0.4 is 0 Å². The molecule has 0 unspecified atom stereocenters. The lowest BCUT2D eigenvalue weighted by Gasteiger charge is -1.73. The van der Waals surface area contributed by atoms with E-state index >= 15 is 0 Å². The summed E-state index contributed by atoms with van der Waals surface area (Å²) in [5, 5.41) is 0. The predicted molar refractivity (Wildman–Crippen MR) is 42.7 cm³/mol. The van der Waals surface area contributed by atoms with Gasteiger partial charge < -0.3 is 0 Å². The Hall–Kier alpha value is -0.850. The SMILES string of the molecule is C/C=C\C=C/N=CCC.